The number of hydrogen-bond donors (Lipinski definition) is 0. The molecule has 0 aromatic rings. The van der Waals surface area contributed by atoms with Gasteiger partial charge in [-0.05, 0) is 51.4 Å². The third-order valence-corrected chi connectivity index (χ3v) is 8.91. The van der Waals surface area contributed by atoms with E-state index in [2.05, 4.69) is 9.80 Å². The van der Waals surface area contributed by atoms with E-state index in [1.165, 1.54) is 77.0 Å². The Labute approximate surface area is 202 Å². The van der Waals surface area contributed by atoms with Crippen molar-refractivity contribution in [1.82, 2.24) is 9.80 Å². The lowest BCUT2D eigenvalue weighted by Crippen LogP contribution is -2.50. The molecule has 4 fully saturated rings. The van der Waals surface area contributed by atoms with E-state index in [-0.39, 0.29) is 18.6 Å². The van der Waals surface area contributed by atoms with Crippen molar-refractivity contribution in [2.75, 3.05) is 6.61 Å². The Hall–Kier alpha value is -1.26. The molecule has 0 spiro atoms. The highest BCUT2D eigenvalue weighted by molar-refractivity contribution is 5.77. The quantitative estimate of drug-likeness (QED) is 0.412. The van der Waals surface area contributed by atoms with Gasteiger partial charge in [0.15, 0.2) is 0 Å². The van der Waals surface area contributed by atoms with Gasteiger partial charge < -0.3 is 14.5 Å². The number of hydrogen-bond acceptors (Lipinski definition) is 3. The van der Waals surface area contributed by atoms with E-state index in [1.54, 1.807) is 0 Å². The summed E-state index contributed by atoms with van der Waals surface area (Å²) in [5.74, 6) is 0.225. The average Bonchev–Trinajstić information content (AvgIpc) is 2.87. The first-order valence-corrected chi connectivity index (χ1v) is 14.5. The van der Waals surface area contributed by atoms with Gasteiger partial charge in [-0.15, -0.1) is 0 Å². The topological polar surface area (TPSA) is 49.9 Å². The van der Waals surface area contributed by atoms with Gasteiger partial charge in [-0.3, -0.25) is 4.79 Å². The fraction of sp³-hybridized carbons (Fsp3) is 0.929. The van der Waals surface area contributed by atoms with Crippen molar-refractivity contribution in [3.8, 4) is 0 Å². The lowest BCUT2D eigenvalue weighted by atomic mass is 9.88. The molecular formula is C28H48N2O3. The lowest BCUT2D eigenvalue weighted by molar-refractivity contribution is -0.138. The van der Waals surface area contributed by atoms with Crippen LogP contribution in [0, 0.1) is 0 Å². The SMILES string of the molecule is O=C(CCOC(=O)N(C1CCCCC1)C1CCCCC1)N(C1CCCCC1)C1CCCCC1. The Morgan fingerprint density at radius 1 is 0.515 bits per heavy atom. The second-order valence-electron chi connectivity index (χ2n) is 11.2. The van der Waals surface area contributed by atoms with Gasteiger partial charge >= 0.3 is 6.09 Å². The molecule has 4 aliphatic rings. The Kier molecular flexibility index (Phi) is 9.79. The Balaban J connectivity index is 1.33. The summed E-state index contributed by atoms with van der Waals surface area (Å²) in [4.78, 5) is 31.1. The van der Waals surface area contributed by atoms with Crippen molar-refractivity contribution >= 4 is 12.0 Å². The zero-order chi connectivity index (χ0) is 22.9. The van der Waals surface area contributed by atoms with Gasteiger partial charge in [0, 0.05) is 24.2 Å². The van der Waals surface area contributed by atoms with Crippen LogP contribution in [0.2, 0.25) is 0 Å². The maximum atomic E-state index is 13.4. The first kappa shape index (κ1) is 24.9. The molecule has 0 saturated heterocycles. The molecule has 0 unspecified atom stereocenters. The van der Waals surface area contributed by atoms with Gasteiger partial charge in [0.05, 0.1) is 6.42 Å². The van der Waals surface area contributed by atoms with Crippen molar-refractivity contribution in [3.63, 3.8) is 0 Å². The smallest absolute Gasteiger partial charge is 0.410 e. The minimum absolute atomic E-state index is 0.150. The van der Waals surface area contributed by atoms with Crippen LogP contribution >= 0.6 is 0 Å². The van der Waals surface area contributed by atoms with E-state index in [4.69, 9.17) is 4.74 Å². The van der Waals surface area contributed by atoms with Gasteiger partial charge in [0.1, 0.15) is 6.61 Å². The molecule has 4 saturated carbocycles. The predicted octanol–water partition coefficient (Wildman–Crippen LogP) is 6.97. The fourth-order valence-electron chi connectivity index (χ4n) is 7.17. The second kappa shape index (κ2) is 13.0. The minimum atomic E-state index is -0.150. The standard InChI is InChI=1S/C28H48N2O3/c31-27(29(23-13-5-1-6-14-23)24-15-7-2-8-16-24)21-22-33-28(32)30(25-17-9-3-10-18-25)26-19-11-4-12-20-26/h23-26H,1-22H2. The van der Waals surface area contributed by atoms with Crippen LogP contribution < -0.4 is 0 Å². The summed E-state index contributed by atoms with van der Waals surface area (Å²) < 4.78 is 5.85. The van der Waals surface area contributed by atoms with E-state index in [0.29, 0.717) is 30.6 Å². The molecule has 4 aliphatic carbocycles. The molecule has 33 heavy (non-hydrogen) atoms. The summed E-state index contributed by atoms with van der Waals surface area (Å²) in [5.41, 5.74) is 0. The molecule has 0 aromatic carbocycles. The van der Waals surface area contributed by atoms with Gasteiger partial charge in [0.25, 0.3) is 0 Å². The lowest BCUT2D eigenvalue weighted by Gasteiger charge is -2.42. The predicted molar refractivity (Wildman–Crippen MR) is 132 cm³/mol. The van der Waals surface area contributed by atoms with Crippen LogP contribution in [0.1, 0.15) is 135 Å². The van der Waals surface area contributed by atoms with Crippen molar-refractivity contribution in [1.29, 1.82) is 0 Å². The van der Waals surface area contributed by atoms with Crippen molar-refractivity contribution in [3.05, 3.63) is 0 Å². The molecule has 2 amide bonds. The zero-order valence-corrected chi connectivity index (χ0v) is 21.0. The van der Waals surface area contributed by atoms with Crippen LogP contribution in [0.4, 0.5) is 4.79 Å². The number of carbonyl (C=O) groups excluding carboxylic acids is 2. The highest BCUT2D eigenvalue weighted by Crippen LogP contribution is 2.32. The molecule has 0 N–H and O–H groups in total. The molecular weight excluding hydrogens is 412 g/mol. The second-order valence-corrected chi connectivity index (χ2v) is 11.2. The summed E-state index contributed by atoms with van der Waals surface area (Å²) >= 11 is 0. The molecule has 188 valence electrons. The fourth-order valence-corrected chi connectivity index (χ4v) is 7.17. The van der Waals surface area contributed by atoms with E-state index < -0.39 is 0 Å². The van der Waals surface area contributed by atoms with Crippen LogP contribution in [-0.4, -0.2) is 52.6 Å². The Morgan fingerprint density at radius 3 is 1.21 bits per heavy atom. The van der Waals surface area contributed by atoms with Crippen molar-refractivity contribution in [2.45, 2.75) is 159 Å². The van der Waals surface area contributed by atoms with Gasteiger partial charge in [0.2, 0.25) is 5.91 Å². The van der Waals surface area contributed by atoms with E-state index in [0.717, 1.165) is 51.4 Å². The molecule has 0 heterocycles. The molecule has 0 radical (unpaired) electrons. The van der Waals surface area contributed by atoms with Crippen LogP contribution in [0.5, 0.6) is 0 Å². The van der Waals surface area contributed by atoms with Crippen LogP contribution in [0.3, 0.4) is 0 Å². The molecule has 0 aliphatic heterocycles. The molecule has 5 nitrogen and oxygen atoms in total. The van der Waals surface area contributed by atoms with Crippen molar-refractivity contribution in [2.24, 2.45) is 0 Å². The molecule has 0 aromatic heterocycles. The van der Waals surface area contributed by atoms with Crippen LogP contribution in [-0.2, 0) is 9.53 Å². The summed E-state index contributed by atoms with van der Waals surface area (Å²) in [6.07, 6.45) is 24.3. The summed E-state index contributed by atoms with van der Waals surface area (Å²) in [6, 6.07) is 1.49. The first-order chi connectivity index (χ1) is 16.2. The van der Waals surface area contributed by atoms with Gasteiger partial charge in [-0.25, -0.2) is 4.79 Å². The Morgan fingerprint density at radius 2 is 0.848 bits per heavy atom. The zero-order valence-electron chi connectivity index (χ0n) is 21.0. The van der Waals surface area contributed by atoms with Gasteiger partial charge in [-0.2, -0.15) is 0 Å². The monoisotopic (exact) mass is 460 g/mol. The summed E-state index contributed by atoms with van der Waals surface area (Å²) in [6.45, 7) is 0.240. The van der Waals surface area contributed by atoms with Crippen LogP contribution in [0.25, 0.3) is 0 Å². The Bertz CT molecular complexity index is 512. The largest absolute Gasteiger partial charge is 0.449 e. The van der Waals surface area contributed by atoms with Crippen LogP contribution in [0.15, 0.2) is 0 Å². The number of nitrogens with zero attached hydrogens (tertiary/aromatic N) is 2. The minimum Gasteiger partial charge on any atom is -0.449 e. The number of ether oxygens (including phenoxy) is 1. The van der Waals surface area contributed by atoms with Crippen molar-refractivity contribution < 1.29 is 14.3 Å². The molecule has 5 heteroatoms. The third-order valence-electron chi connectivity index (χ3n) is 8.91. The highest BCUT2D eigenvalue weighted by Gasteiger charge is 2.35. The highest BCUT2D eigenvalue weighted by atomic mass is 16.6. The summed E-state index contributed by atoms with van der Waals surface area (Å²) in [5, 5.41) is 0. The summed E-state index contributed by atoms with van der Waals surface area (Å²) in [7, 11) is 0. The van der Waals surface area contributed by atoms with E-state index in [1.807, 2.05) is 0 Å². The van der Waals surface area contributed by atoms with Gasteiger partial charge in [-0.1, -0.05) is 77.0 Å². The maximum Gasteiger partial charge on any atom is 0.410 e. The molecule has 0 atom stereocenters. The average molecular weight is 461 g/mol. The van der Waals surface area contributed by atoms with E-state index >= 15 is 0 Å². The maximum absolute atomic E-state index is 13.4. The number of rotatable bonds is 7. The third kappa shape index (κ3) is 6.88. The molecule has 0 bridgehead atoms. The number of amides is 2. The first-order valence-electron chi connectivity index (χ1n) is 14.5. The number of carbonyl (C=O) groups is 2. The van der Waals surface area contributed by atoms with E-state index in [9.17, 15) is 9.59 Å². The normalized spacial score (nSPS) is 24.4. The molecule has 4 rings (SSSR count).